The molecule has 2 heterocycles. The number of primary sulfonamides is 1. The molecule has 0 aliphatic carbocycles. The average molecular weight is 362 g/mol. The van der Waals surface area contributed by atoms with E-state index < -0.39 is 16.2 Å². The van der Waals surface area contributed by atoms with E-state index in [0.717, 1.165) is 21.3 Å². The predicted octanol–water partition coefficient (Wildman–Crippen LogP) is 0.726. The molecule has 0 bridgehead atoms. The number of para-hydroxylation sites is 1. The third-order valence-corrected chi connectivity index (χ3v) is 5.57. The van der Waals surface area contributed by atoms with Crippen molar-refractivity contribution in [3.05, 3.63) is 47.5 Å². The topological polar surface area (TPSA) is 121 Å². The van der Waals surface area contributed by atoms with Crippen LogP contribution in [0.1, 0.15) is 11.7 Å². The Hall–Kier alpha value is -1.92. The SMILES string of the molecule is NS(=O)(=O)c1cccc(-c2cccc3scnc23)c1C1NNNN1. The van der Waals surface area contributed by atoms with Gasteiger partial charge in [0.25, 0.3) is 0 Å². The maximum atomic E-state index is 12.1. The zero-order valence-corrected chi connectivity index (χ0v) is 13.9. The Morgan fingerprint density at radius 2 is 1.75 bits per heavy atom. The van der Waals surface area contributed by atoms with Gasteiger partial charge in [0.05, 0.1) is 20.6 Å². The van der Waals surface area contributed by atoms with E-state index in [1.54, 1.807) is 11.6 Å². The summed E-state index contributed by atoms with van der Waals surface area (Å²) in [5.74, 6) is 0. The van der Waals surface area contributed by atoms with Crippen LogP contribution in [-0.2, 0) is 10.0 Å². The third kappa shape index (κ3) is 2.59. The van der Waals surface area contributed by atoms with Crippen LogP contribution in [0.25, 0.3) is 21.3 Å². The van der Waals surface area contributed by atoms with E-state index in [0.29, 0.717) is 5.56 Å². The number of hydrazine groups is 3. The second-order valence-electron chi connectivity index (χ2n) is 5.24. The van der Waals surface area contributed by atoms with E-state index in [2.05, 4.69) is 26.9 Å². The number of fused-ring (bicyclic) bond motifs is 1. The van der Waals surface area contributed by atoms with Gasteiger partial charge < -0.3 is 0 Å². The van der Waals surface area contributed by atoms with Crippen molar-refractivity contribution in [3.63, 3.8) is 0 Å². The molecule has 0 atom stereocenters. The summed E-state index contributed by atoms with van der Waals surface area (Å²) >= 11 is 1.53. The molecule has 6 N–H and O–H groups in total. The van der Waals surface area contributed by atoms with Crippen molar-refractivity contribution in [2.24, 2.45) is 5.14 Å². The molecule has 3 aromatic rings. The van der Waals surface area contributed by atoms with Gasteiger partial charge in [-0.25, -0.2) is 29.4 Å². The summed E-state index contributed by atoms with van der Waals surface area (Å²) in [5.41, 5.74) is 16.0. The number of nitrogens with one attached hydrogen (secondary N) is 4. The number of nitrogens with two attached hydrogens (primary N) is 1. The van der Waals surface area contributed by atoms with Crippen LogP contribution in [0.3, 0.4) is 0 Å². The first-order valence-electron chi connectivity index (χ1n) is 7.05. The Morgan fingerprint density at radius 1 is 1.04 bits per heavy atom. The fraction of sp³-hybridized carbons (Fsp3) is 0.0714. The largest absolute Gasteiger partial charge is 0.244 e. The van der Waals surface area contributed by atoms with Gasteiger partial charge in [0.2, 0.25) is 10.0 Å². The number of sulfonamides is 1. The highest BCUT2D eigenvalue weighted by Crippen LogP contribution is 2.36. The van der Waals surface area contributed by atoms with Crippen LogP contribution >= 0.6 is 11.3 Å². The Labute approximate surface area is 142 Å². The highest BCUT2D eigenvalue weighted by atomic mass is 32.2. The van der Waals surface area contributed by atoms with Gasteiger partial charge >= 0.3 is 0 Å². The first kappa shape index (κ1) is 15.6. The Bertz CT molecular complexity index is 1010. The highest BCUT2D eigenvalue weighted by Gasteiger charge is 2.27. The number of aromatic nitrogens is 1. The minimum atomic E-state index is -3.89. The van der Waals surface area contributed by atoms with E-state index in [4.69, 9.17) is 5.14 Å². The standard InChI is InChI=1S/C14H14N6O2S2/c15-24(21,22)11-6-2-3-8(12(11)14-17-19-20-18-14)9-4-1-5-10-13(9)16-7-23-10/h1-7,14,17-20H,(H2,15,21,22). The molecule has 0 unspecified atom stereocenters. The maximum Gasteiger partial charge on any atom is 0.238 e. The van der Waals surface area contributed by atoms with E-state index in [9.17, 15) is 8.42 Å². The van der Waals surface area contributed by atoms with Gasteiger partial charge in [0.1, 0.15) is 6.17 Å². The normalized spacial score (nSPS) is 16.0. The number of nitrogens with zero attached hydrogens (tertiary/aromatic N) is 1. The zero-order chi connectivity index (χ0) is 16.7. The summed E-state index contributed by atoms with van der Waals surface area (Å²) in [4.78, 5) is 4.48. The maximum absolute atomic E-state index is 12.1. The highest BCUT2D eigenvalue weighted by molar-refractivity contribution is 7.89. The molecule has 1 aliphatic heterocycles. The van der Waals surface area contributed by atoms with Gasteiger partial charge in [-0.2, -0.15) is 11.1 Å². The molecular formula is C14H14N6O2S2. The van der Waals surface area contributed by atoms with Crippen LogP contribution in [0, 0.1) is 0 Å². The van der Waals surface area contributed by atoms with Crippen molar-refractivity contribution >= 4 is 31.6 Å². The monoisotopic (exact) mass is 362 g/mol. The molecule has 124 valence electrons. The van der Waals surface area contributed by atoms with Gasteiger partial charge in [-0.05, 0) is 17.7 Å². The molecule has 1 saturated heterocycles. The number of benzene rings is 2. The van der Waals surface area contributed by atoms with Crippen LogP contribution in [0.4, 0.5) is 0 Å². The lowest BCUT2D eigenvalue weighted by Gasteiger charge is -2.18. The second-order valence-corrected chi connectivity index (χ2v) is 7.65. The molecule has 0 radical (unpaired) electrons. The van der Waals surface area contributed by atoms with Crippen molar-refractivity contribution < 1.29 is 8.42 Å². The molecule has 0 amide bonds. The van der Waals surface area contributed by atoms with Gasteiger partial charge in [0.15, 0.2) is 0 Å². The molecular weight excluding hydrogens is 348 g/mol. The summed E-state index contributed by atoms with van der Waals surface area (Å²) in [5, 5.41) is 5.43. The summed E-state index contributed by atoms with van der Waals surface area (Å²) in [6, 6.07) is 10.9. The molecule has 1 aliphatic rings. The minimum absolute atomic E-state index is 0.0581. The molecule has 10 heteroatoms. The number of thiazole rings is 1. The number of rotatable bonds is 3. The van der Waals surface area contributed by atoms with E-state index >= 15 is 0 Å². The molecule has 2 aromatic carbocycles. The van der Waals surface area contributed by atoms with Crippen LogP contribution in [0.5, 0.6) is 0 Å². The second kappa shape index (κ2) is 5.86. The van der Waals surface area contributed by atoms with Crippen LogP contribution in [0.2, 0.25) is 0 Å². The summed E-state index contributed by atoms with van der Waals surface area (Å²) < 4.78 is 25.2. The lowest BCUT2D eigenvalue weighted by atomic mass is 9.97. The van der Waals surface area contributed by atoms with E-state index in [1.165, 1.54) is 17.4 Å². The van der Waals surface area contributed by atoms with Gasteiger partial charge in [0, 0.05) is 11.1 Å². The molecule has 8 nitrogen and oxygen atoms in total. The third-order valence-electron chi connectivity index (χ3n) is 3.81. The summed E-state index contributed by atoms with van der Waals surface area (Å²) in [6.07, 6.45) is -0.483. The van der Waals surface area contributed by atoms with Crippen molar-refractivity contribution in [2.45, 2.75) is 11.1 Å². The molecule has 0 saturated carbocycles. The Balaban J connectivity index is 2.03. The summed E-state index contributed by atoms with van der Waals surface area (Å²) in [7, 11) is -3.89. The lowest BCUT2D eigenvalue weighted by molar-refractivity contribution is 0.541. The first-order valence-corrected chi connectivity index (χ1v) is 9.47. The fourth-order valence-corrected chi connectivity index (χ4v) is 4.33. The number of hydrogen-bond donors (Lipinski definition) is 5. The lowest BCUT2D eigenvalue weighted by Crippen LogP contribution is -2.33. The van der Waals surface area contributed by atoms with Crippen LogP contribution in [0.15, 0.2) is 46.8 Å². The zero-order valence-electron chi connectivity index (χ0n) is 12.3. The fourth-order valence-electron chi connectivity index (χ4n) is 2.83. The smallest absolute Gasteiger partial charge is 0.238 e. The van der Waals surface area contributed by atoms with Crippen LogP contribution in [-0.4, -0.2) is 13.4 Å². The van der Waals surface area contributed by atoms with Crippen molar-refractivity contribution in [1.29, 1.82) is 0 Å². The molecule has 0 spiro atoms. The minimum Gasteiger partial charge on any atom is -0.244 e. The summed E-state index contributed by atoms with van der Waals surface area (Å²) in [6.45, 7) is 0. The average Bonchev–Trinajstić information content (AvgIpc) is 3.24. The van der Waals surface area contributed by atoms with E-state index in [-0.39, 0.29) is 4.90 Å². The van der Waals surface area contributed by atoms with Crippen LogP contribution < -0.4 is 27.1 Å². The van der Waals surface area contributed by atoms with Gasteiger partial charge in [-0.15, -0.1) is 11.3 Å². The van der Waals surface area contributed by atoms with Crippen molar-refractivity contribution in [2.75, 3.05) is 0 Å². The van der Waals surface area contributed by atoms with Gasteiger partial charge in [-0.3, -0.25) is 0 Å². The van der Waals surface area contributed by atoms with Gasteiger partial charge in [-0.1, -0.05) is 24.3 Å². The molecule has 1 fully saturated rings. The first-order chi connectivity index (χ1) is 11.6. The molecule has 24 heavy (non-hydrogen) atoms. The van der Waals surface area contributed by atoms with E-state index in [1.807, 2.05) is 24.3 Å². The van der Waals surface area contributed by atoms with Crippen molar-refractivity contribution in [3.8, 4) is 11.1 Å². The number of hydrogen-bond acceptors (Lipinski definition) is 8. The Kier molecular flexibility index (Phi) is 3.81. The Morgan fingerprint density at radius 3 is 2.50 bits per heavy atom. The predicted molar refractivity (Wildman–Crippen MR) is 91.7 cm³/mol. The molecule has 1 aromatic heterocycles. The van der Waals surface area contributed by atoms with Crippen molar-refractivity contribution in [1.82, 2.24) is 26.9 Å². The molecule has 4 rings (SSSR count). The quantitative estimate of drug-likeness (QED) is 0.466.